The smallest absolute Gasteiger partial charge is 0.409 e. The highest BCUT2D eigenvalue weighted by atomic mass is 16.6. The van der Waals surface area contributed by atoms with Gasteiger partial charge < -0.3 is 25.0 Å². The minimum atomic E-state index is -0.149. The lowest BCUT2D eigenvalue weighted by atomic mass is 9.95. The number of hydrogen-bond donors (Lipinski definition) is 1. The Bertz CT molecular complexity index is 653. The SMILES string of the molecule is CCCCOC(=O)N1CCN(CC2CCN(c3ccc(N)cc3OC)CC2)CC1. The van der Waals surface area contributed by atoms with Gasteiger partial charge in [0, 0.05) is 57.6 Å². The Hall–Kier alpha value is -2.15. The van der Waals surface area contributed by atoms with Crippen molar-refractivity contribution in [3.05, 3.63) is 18.2 Å². The Kier molecular flexibility index (Phi) is 7.86. The van der Waals surface area contributed by atoms with E-state index in [4.69, 9.17) is 15.2 Å². The van der Waals surface area contributed by atoms with Crippen LogP contribution in [0.15, 0.2) is 18.2 Å². The second kappa shape index (κ2) is 10.6. The average molecular weight is 405 g/mol. The van der Waals surface area contributed by atoms with E-state index in [0.29, 0.717) is 12.5 Å². The lowest BCUT2D eigenvalue weighted by Crippen LogP contribution is -2.50. The van der Waals surface area contributed by atoms with E-state index < -0.39 is 0 Å². The Balaban J connectivity index is 1.40. The number of carbonyl (C=O) groups excluding carboxylic acids is 1. The standard InChI is InChI=1S/C22H36N4O3/c1-3-4-15-29-22(27)26-13-11-24(12-14-26)17-18-7-9-25(10-8-18)20-6-5-19(23)16-21(20)28-2/h5-6,16,18H,3-4,7-15,17,23H2,1-2H3. The summed E-state index contributed by atoms with van der Waals surface area (Å²) >= 11 is 0. The Morgan fingerprint density at radius 3 is 2.52 bits per heavy atom. The molecule has 2 heterocycles. The molecule has 0 atom stereocenters. The van der Waals surface area contributed by atoms with Crippen molar-refractivity contribution in [3.8, 4) is 5.75 Å². The molecule has 1 aromatic rings. The van der Waals surface area contributed by atoms with Gasteiger partial charge in [0.2, 0.25) is 0 Å². The number of nitrogen functional groups attached to an aromatic ring is 1. The topological polar surface area (TPSA) is 71.3 Å². The van der Waals surface area contributed by atoms with Crippen LogP contribution >= 0.6 is 0 Å². The number of anilines is 2. The third-order valence-electron chi connectivity index (χ3n) is 6.03. The number of piperidine rings is 1. The van der Waals surface area contributed by atoms with E-state index in [2.05, 4.69) is 22.8 Å². The van der Waals surface area contributed by atoms with Crippen LogP contribution in [0, 0.1) is 5.92 Å². The summed E-state index contributed by atoms with van der Waals surface area (Å²) in [5, 5.41) is 0. The summed E-state index contributed by atoms with van der Waals surface area (Å²) in [6.45, 7) is 9.24. The molecular weight excluding hydrogens is 368 g/mol. The maximum Gasteiger partial charge on any atom is 0.409 e. The number of unbranched alkanes of at least 4 members (excludes halogenated alkanes) is 1. The third-order valence-corrected chi connectivity index (χ3v) is 6.03. The molecule has 0 bridgehead atoms. The van der Waals surface area contributed by atoms with Crippen molar-refractivity contribution in [2.24, 2.45) is 5.92 Å². The first kappa shape index (κ1) is 21.6. The predicted octanol–water partition coefficient (Wildman–Crippen LogP) is 3.05. The number of amides is 1. The van der Waals surface area contributed by atoms with Crippen molar-refractivity contribution in [2.45, 2.75) is 32.6 Å². The molecule has 2 saturated heterocycles. The van der Waals surface area contributed by atoms with Crippen LogP contribution in [0.25, 0.3) is 0 Å². The number of methoxy groups -OCH3 is 1. The molecule has 1 aromatic carbocycles. The number of rotatable bonds is 7. The molecule has 0 saturated carbocycles. The minimum Gasteiger partial charge on any atom is -0.495 e. The number of nitrogens with two attached hydrogens (primary N) is 1. The van der Waals surface area contributed by atoms with E-state index >= 15 is 0 Å². The van der Waals surface area contributed by atoms with Gasteiger partial charge in [-0.3, -0.25) is 4.90 Å². The van der Waals surface area contributed by atoms with Gasteiger partial charge in [0.05, 0.1) is 19.4 Å². The maximum absolute atomic E-state index is 12.1. The molecule has 1 amide bonds. The van der Waals surface area contributed by atoms with E-state index in [0.717, 1.165) is 75.8 Å². The number of hydrogen-bond acceptors (Lipinski definition) is 6. The molecule has 3 rings (SSSR count). The van der Waals surface area contributed by atoms with Crippen LogP contribution in [0.5, 0.6) is 5.75 Å². The monoisotopic (exact) mass is 404 g/mol. The highest BCUT2D eigenvalue weighted by molar-refractivity contribution is 5.67. The van der Waals surface area contributed by atoms with Crippen molar-refractivity contribution < 1.29 is 14.3 Å². The number of benzene rings is 1. The van der Waals surface area contributed by atoms with Gasteiger partial charge in [-0.15, -0.1) is 0 Å². The van der Waals surface area contributed by atoms with Gasteiger partial charge >= 0.3 is 6.09 Å². The van der Waals surface area contributed by atoms with Crippen molar-refractivity contribution in [1.29, 1.82) is 0 Å². The molecule has 0 aromatic heterocycles. The van der Waals surface area contributed by atoms with E-state index in [9.17, 15) is 4.79 Å². The molecule has 0 unspecified atom stereocenters. The van der Waals surface area contributed by atoms with Gasteiger partial charge in [0.15, 0.2) is 0 Å². The summed E-state index contributed by atoms with van der Waals surface area (Å²) in [4.78, 5) is 18.8. The van der Waals surface area contributed by atoms with Crippen molar-refractivity contribution in [2.75, 3.05) is 70.2 Å². The largest absolute Gasteiger partial charge is 0.495 e. The van der Waals surface area contributed by atoms with E-state index in [1.165, 1.54) is 12.8 Å². The molecule has 2 aliphatic heterocycles. The fraction of sp³-hybridized carbons (Fsp3) is 0.682. The maximum atomic E-state index is 12.1. The number of nitrogens with zero attached hydrogens (tertiary/aromatic N) is 3. The summed E-state index contributed by atoms with van der Waals surface area (Å²) < 4.78 is 10.8. The number of carbonyl (C=O) groups is 1. The highest BCUT2D eigenvalue weighted by Gasteiger charge is 2.26. The lowest BCUT2D eigenvalue weighted by Gasteiger charge is -2.39. The molecule has 7 heteroatoms. The first-order valence-electron chi connectivity index (χ1n) is 10.9. The zero-order valence-electron chi connectivity index (χ0n) is 17.9. The van der Waals surface area contributed by atoms with Crippen LogP contribution < -0.4 is 15.4 Å². The summed E-state index contributed by atoms with van der Waals surface area (Å²) in [7, 11) is 1.70. The van der Waals surface area contributed by atoms with Crippen LogP contribution in [0.2, 0.25) is 0 Å². The van der Waals surface area contributed by atoms with Crippen molar-refractivity contribution >= 4 is 17.5 Å². The molecule has 2 N–H and O–H groups in total. The van der Waals surface area contributed by atoms with Gasteiger partial charge in [0.25, 0.3) is 0 Å². The van der Waals surface area contributed by atoms with Crippen LogP contribution in [-0.4, -0.2) is 75.4 Å². The normalized spacial score (nSPS) is 18.7. The second-order valence-electron chi connectivity index (χ2n) is 8.12. The Morgan fingerprint density at radius 1 is 1.14 bits per heavy atom. The van der Waals surface area contributed by atoms with Crippen LogP contribution in [-0.2, 0) is 4.74 Å². The number of piperazine rings is 1. The quantitative estimate of drug-likeness (QED) is 0.556. The van der Waals surface area contributed by atoms with Gasteiger partial charge in [0.1, 0.15) is 5.75 Å². The summed E-state index contributed by atoms with van der Waals surface area (Å²) in [6, 6.07) is 5.90. The zero-order valence-corrected chi connectivity index (χ0v) is 17.9. The first-order chi connectivity index (χ1) is 14.1. The molecule has 7 nitrogen and oxygen atoms in total. The molecule has 0 aliphatic carbocycles. The fourth-order valence-electron chi connectivity index (χ4n) is 4.19. The van der Waals surface area contributed by atoms with Crippen LogP contribution in [0.1, 0.15) is 32.6 Å². The van der Waals surface area contributed by atoms with Crippen LogP contribution in [0.3, 0.4) is 0 Å². The average Bonchev–Trinajstić information content (AvgIpc) is 2.75. The van der Waals surface area contributed by atoms with Crippen LogP contribution in [0.4, 0.5) is 16.2 Å². The first-order valence-corrected chi connectivity index (χ1v) is 10.9. The van der Waals surface area contributed by atoms with Gasteiger partial charge in [-0.05, 0) is 37.3 Å². The zero-order chi connectivity index (χ0) is 20.6. The third kappa shape index (κ3) is 5.92. The summed E-state index contributed by atoms with van der Waals surface area (Å²) in [5.41, 5.74) is 7.75. The van der Waals surface area contributed by atoms with Gasteiger partial charge in [-0.2, -0.15) is 0 Å². The van der Waals surface area contributed by atoms with E-state index in [1.807, 2.05) is 17.0 Å². The van der Waals surface area contributed by atoms with Crippen molar-refractivity contribution in [3.63, 3.8) is 0 Å². The highest BCUT2D eigenvalue weighted by Crippen LogP contribution is 2.33. The number of ether oxygens (including phenoxy) is 2. The summed E-state index contributed by atoms with van der Waals surface area (Å²) in [5.74, 6) is 1.56. The molecule has 162 valence electrons. The molecule has 29 heavy (non-hydrogen) atoms. The second-order valence-corrected chi connectivity index (χ2v) is 8.12. The predicted molar refractivity (Wildman–Crippen MR) is 117 cm³/mol. The molecule has 0 radical (unpaired) electrons. The van der Waals surface area contributed by atoms with E-state index in [-0.39, 0.29) is 6.09 Å². The Morgan fingerprint density at radius 2 is 1.86 bits per heavy atom. The van der Waals surface area contributed by atoms with Crippen molar-refractivity contribution in [1.82, 2.24) is 9.80 Å². The van der Waals surface area contributed by atoms with E-state index in [1.54, 1.807) is 7.11 Å². The van der Waals surface area contributed by atoms with Gasteiger partial charge in [-0.1, -0.05) is 13.3 Å². The summed E-state index contributed by atoms with van der Waals surface area (Å²) in [6.07, 6.45) is 4.18. The Labute approximate surface area is 174 Å². The molecule has 2 aliphatic rings. The minimum absolute atomic E-state index is 0.149. The molecular formula is C22H36N4O3. The molecule has 0 spiro atoms. The van der Waals surface area contributed by atoms with Gasteiger partial charge in [-0.25, -0.2) is 4.79 Å². The lowest BCUT2D eigenvalue weighted by molar-refractivity contribution is 0.0701. The fourth-order valence-corrected chi connectivity index (χ4v) is 4.19. The molecule has 2 fully saturated rings.